The first-order valence-electron chi connectivity index (χ1n) is 12.4. The van der Waals surface area contributed by atoms with Crippen molar-refractivity contribution in [3.63, 3.8) is 0 Å². The number of thiazole rings is 1. The summed E-state index contributed by atoms with van der Waals surface area (Å²) in [6.45, 7) is 6.74. The summed E-state index contributed by atoms with van der Waals surface area (Å²) in [5.41, 5.74) is 4.28. The van der Waals surface area contributed by atoms with E-state index in [0.717, 1.165) is 73.3 Å². The van der Waals surface area contributed by atoms with Crippen molar-refractivity contribution in [1.82, 2.24) is 14.9 Å². The number of benzene rings is 1. The van der Waals surface area contributed by atoms with Gasteiger partial charge in [-0.2, -0.15) is 13.2 Å². The molecule has 1 fully saturated rings. The fourth-order valence-electron chi connectivity index (χ4n) is 5.09. The zero-order chi connectivity index (χ0) is 25.2. The number of nitrogens with zero attached hydrogens (tertiary/aromatic N) is 2. The van der Waals surface area contributed by atoms with Gasteiger partial charge in [-0.3, -0.25) is 4.79 Å². The second-order valence-corrected chi connectivity index (χ2v) is 10.2. The Balaban J connectivity index is 1.74. The SMILES string of the molecule is CCCCNC(=O)c1c(C)c(-c2csc(-c3ccc(C(F)(F)F)cc3)n2)n(C2CCCCC2)c1C. The molecule has 0 bridgehead atoms. The molecule has 1 aromatic carbocycles. The van der Waals surface area contributed by atoms with Crippen LogP contribution in [0.5, 0.6) is 0 Å². The monoisotopic (exact) mass is 503 g/mol. The molecule has 2 aromatic heterocycles. The number of amides is 1. The quantitative estimate of drug-likeness (QED) is 0.333. The van der Waals surface area contributed by atoms with Crippen molar-refractivity contribution in [2.24, 2.45) is 0 Å². The van der Waals surface area contributed by atoms with Gasteiger partial charge < -0.3 is 9.88 Å². The van der Waals surface area contributed by atoms with Crippen LogP contribution in [0.3, 0.4) is 0 Å². The van der Waals surface area contributed by atoms with Crippen LogP contribution in [0.25, 0.3) is 22.0 Å². The van der Waals surface area contributed by atoms with Crippen LogP contribution in [0.15, 0.2) is 29.6 Å². The van der Waals surface area contributed by atoms with Gasteiger partial charge in [-0.05, 0) is 50.8 Å². The fourth-order valence-corrected chi connectivity index (χ4v) is 5.90. The molecular formula is C27H32F3N3OS. The third-order valence-electron chi connectivity index (χ3n) is 6.88. The number of unbranched alkanes of at least 4 members (excludes halogenated alkanes) is 1. The predicted octanol–water partition coefficient (Wildman–Crippen LogP) is 7.95. The molecule has 1 amide bonds. The fraction of sp³-hybridized carbons (Fsp3) is 0.481. The van der Waals surface area contributed by atoms with E-state index in [-0.39, 0.29) is 5.91 Å². The number of hydrogen-bond acceptors (Lipinski definition) is 3. The minimum absolute atomic E-state index is 0.0533. The number of halogens is 3. The van der Waals surface area contributed by atoms with E-state index in [9.17, 15) is 18.0 Å². The van der Waals surface area contributed by atoms with E-state index >= 15 is 0 Å². The maximum Gasteiger partial charge on any atom is 0.416 e. The standard InChI is InChI=1S/C27H32F3N3OS/c1-4-5-15-31-25(34)23-17(2)24(33(18(23)3)21-9-7-6-8-10-21)22-16-35-26(32-22)19-11-13-20(14-12-19)27(28,29)30/h11-14,16,21H,4-10,15H2,1-3H3,(H,31,34). The van der Waals surface area contributed by atoms with Crippen molar-refractivity contribution < 1.29 is 18.0 Å². The number of aromatic nitrogens is 2. The number of hydrogen-bond donors (Lipinski definition) is 1. The van der Waals surface area contributed by atoms with E-state index in [4.69, 9.17) is 4.98 Å². The van der Waals surface area contributed by atoms with Crippen molar-refractivity contribution >= 4 is 17.2 Å². The Hall–Kier alpha value is -2.61. The van der Waals surface area contributed by atoms with Gasteiger partial charge in [-0.25, -0.2) is 4.98 Å². The van der Waals surface area contributed by atoms with Crippen molar-refractivity contribution in [2.75, 3.05) is 6.54 Å². The second-order valence-electron chi connectivity index (χ2n) is 9.32. The van der Waals surface area contributed by atoms with Gasteiger partial charge in [0.2, 0.25) is 0 Å². The zero-order valence-electron chi connectivity index (χ0n) is 20.5. The van der Waals surface area contributed by atoms with E-state index in [1.165, 1.54) is 29.9 Å². The van der Waals surface area contributed by atoms with Gasteiger partial charge in [0.05, 0.1) is 22.5 Å². The first-order valence-corrected chi connectivity index (χ1v) is 13.2. The molecule has 4 rings (SSSR count). The van der Waals surface area contributed by atoms with Gasteiger partial charge in [-0.15, -0.1) is 11.3 Å². The van der Waals surface area contributed by atoms with Gasteiger partial charge in [0.15, 0.2) is 0 Å². The molecule has 1 N–H and O–H groups in total. The first kappa shape index (κ1) is 25.5. The molecule has 188 valence electrons. The van der Waals surface area contributed by atoms with E-state index < -0.39 is 11.7 Å². The Bertz CT molecular complexity index is 1170. The Morgan fingerprint density at radius 1 is 1.14 bits per heavy atom. The summed E-state index contributed by atoms with van der Waals surface area (Å²) in [7, 11) is 0. The lowest BCUT2D eigenvalue weighted by Crippen LogP contribution is -2.25. The van der Waals surface area contributed by atoms with Crippen LogP contribution < -0.4 is 5.32 Å². The molecule has 1 saturated carbocycles. The van der Waals surface area contributed by atoms with Gasteiger partial charge in [0, 0.05) is 29.2 Å². The zero-order valence-corrected chi connectivity index (χ0v) is 21.3. The number of rotatable bonds is 7. The smallest absolute Gasteiger partial charge is 0.352 e. The van der Waals surface area contributed by atoms with Crippen molar-refractivity contribution in [3.8, 4) is 22.0 Å². The van der Waals surface area contributed by atoms with Crippen molar-refractivity contribution in [1.29, 1.82) is 0 Å². The Labute approximate surface area is 208 Å². The largest absolute Gasteiger partial charge is 0.416 e. The van der Waals surface area contributed by atoms with E-state index in [0.29, 0.717) is 28.7 Å². The molecule has 4 nitrogen and oxygen atoms in total. The molecule has 1 aliphatic rings. The number of carbonyl (C=O) groups is 1. The van der Waals surface area contributed by atoms with Crippen LogP contribution >= 0.6 is 11.3 Å². The molecule has 0 aliphatic heterocycles. The topological polar surface area (TPSA) is 46.9 Å². The Morgan fingerprint density at radius 3 is 2.46 bits per heavy atom. The molecule has 2 heterocycles. The van der Waals surface area contributed by atoms with Gasteiger partial charge >= 0.3 is 6.18 Å². The number of carbonyl (C=O) groups excluding carboxylic acids is 1. The minimum Gasteiger partial charge on any atom is -0.352 e. The summed E-state index contributed by atoms with van der Waals surface area (Å²) >= 11 is 1.41. The molecular weight excluding hydrogens is 471 g/mol. The van der Waals surface area contributed by atoms with Crippen LogP contribution in [0, 0.1) is 13.8 Å². The summed E-state index contributed by atoms with van der Waals surface area (Å²) in [6.07, 6.45) is 3.25. The number of nitrogens with one attached hydrogen (secondary N) is 1. The maximum absolute atomic E-state index is 13.1. The first-order chi connectivity index (χ1) is 16.7. The molecule has 3 aromatic rings. The van der Waals surface area contributed by atoms with E-state index in [2.05, 4.69) is 16.8 Å². The van der Waals surface area contributed by atoms with Crippen LogP contribution in [0.2, 0.25) is 0 Å². The normalized spacial score (nSPS) is 14.9. The summed E-state index contributed by atoms with van der Waals surface area (Å²) < 4.78 is 41.2. The molecule has 1 aliphatic carbocycles. The highest BCUT2D eigenvalue weighted by Crippen LogP contribution is 2.40. The lowest BCUT2D eigenvalue weighted by Gasteiger charge is -2.27. The maximum atomic E-state index is 13.1. The van der Waals surface area contributed by atoms with Crippen LogP contribution in [0.1, 0.15) is 85.1 Å². The van der Waals surface area contributed by atoms with E-state index in [1.807, 2.05) is 19.2 Å². The molecule has 0 spiro atoms. The summed E-state index contributed by atoms with van der Waals surface area (Å²) in [4.78, 5) is 18.0. The predicted molar refractivity (Wildman–Crippen MR) is 135 cm³/mol. The van der Waals surface area contributed by atoms with Gasteiger partial charge in [0.25, 0.3) is 5.91 Å². The molecule has 0 saturated heterocycles. The molecule has 8 heteroatoms. The minimum atomic E-state index is -4.36. The van der Waals surface area contributed by atoms with E-state index in [1.54, 1.807) is 0 Å². The van der Waals surface area contributed by atoms with Crippen LogP contribution in [-0.2, 0) is 6.18 Å². The molecule has 0 unspecified atom stereocenters. The lowest BCUT2D eigenvalue weighted by molar-refractivity contribution is -0.137. The van der Waals surface area contributed by atoms with Gasteiger partial charge in [0.1, 0.15) is 5.01 Å². The highest BCUT2D eigenvalue weighted by molar-refractivity contribution is 7.13. The number of alkyl halides is 3. The molecule has 0 radical (unpaired) electrons. The average molecular weight is 504 g/mol. The van der Waals surface area contributed by atoms with Crippen LogP contribution in [-0.4, -0.2) is 22.0 Å². The second kappa shape index (κ2) is 10.6. The summed E-state index contributed by atoms with van der Waals surface area (Å²) in [5, 5.41) is 5.68. The highest BCUT2D eigenvalue weighted by Gasteiger charge is 2.31. The highest BCUT2D eigenvalue weighted by atomic mass is 32.1. The van der Waals surface area contributed by atoms with Crippen molar-refractivity contribution in [2.45, 2.75) is 77.9 Å². The van der Waals surface area contributed by atoms with Gasteiger partial charge in [-0.1, -0.05) is 44.7 Å². The van der Waals surface area contributed by atoms with Crippen LogP contribution in [0.4, 0.5) is 13.2 Å². The third-order valence-corrected chi connectivity index (χ3v) is 7.77. The Kier molecular flexibility index (Phi) is 7.69. The third kappa shape index (κ3) is 5.32. The Morgan fingerprint density at radius 2 is 1.83 bits per heavy atom. The summed E-state index contributed by atoms with van der Waals surface area (Å²) in [5.74, 6) is -0.0533. The lowest BCUT2D eigenvalue weighted by atomic mass is 9.95. The average Bonchev–Trinajstić information content (AvgIpc) is 3.41. The molecule has 35 heavy (non-hydrogen) atoms. The van der Waals surface area contributed by atoms with Crippen molar-refractivity contribution in [3.05, 3.63) is 52.0 Å². The summed E-state index contributed by atoms with van der Waals surface area (Å²) in [6, 6.07) is 5.43. The molecule has 0 atom stereocenters.